The van der Waals surface area contributed by atoms with E-state index in [1.807, 2.05) is 12.1 Å². The lowest BCUT2D eigenvalue weighted by Crippen LogP contribution is -2.31. The molecule has 1 aromatic rings. The van der Waals surface area contributed by atoms with Crippen molar-refractivity contribution in [3.05, 3.63) is 23.3 Å². The Balaban J connectivity index is 2.57. The van der Waals surface area contributed by atoms with Crippen LogP contribution in [-0.2, 0) is 6.42 Å². The third-order valence-electron chi connectivity index (χ3n) is 2.87. The maximum Gasteiger partial charge on any atom is 0.150 e. The Morgan fingerprint density at radius 2 is 2.33 bits per heavy atom. The lowest BCUT2D eigenvalue weighted by molar-refractivity contribution is 0.112. The summed E-state index contributed by atoms with van der Waals surface area (Å²) < 4.78 is 0. The van der Waals surface area contributed by atoms with Crippen molar-refractivity contribution >= 4 is 17.7 Å². The van der Waals surface area contributed by atoms with Crippen molar-refractivity contribution in [1.29, 1.82) is 0 Å². The summed E-state index contributed by atoms with van der Waals surface area (Å²) in [4.78, 5) is 13.0. The van der Waals surface area contributed by atoms with Gasteiger partial charge in [-0.2, -0.15) is 0 Å². The SMILES string of the molecule is CCc1cc(C=O)cc2c1N(C)CCN2. The molecule has 15 heavy (non-hydrogen) atoms. The second kappa shape index (κ2) is 3.93. The van der Waals surface area contributed by atoms with Crippen LogP contribution < -0.4 is 10.2 Å². The molecule has 0 aromatic heterocycles. The highest BCUT2D eigenvalue weighted by Gasteiger charge is 2.17. The average molecular weight is 204 g/mol. The van der Waals surface area contributed by atoms with E-state index in [-0.39, 0.29) is 0 Å². The molecule has 1 N–H and O–H groups in total. The Morgan fingerprint density at radius 3 is 3.00 bits per heavy atom. The minimum absolute atomic E-state index is 0.758. The molecule has 2 rings (SSSR count). The summed E-state index contributed by atoms with van der Waals surface area (Å²) in [7, 11) is 2.10. The number of aldehydes is 1. The van der Waals surface area contributed by atoms with Gasteiger partial charge in [-0.1, -0.05) is 6.92 Å². The summed E-state index contributed by atoms with van der Waals surface area (Å²) in [6, 6.07) is 3.91. The molecule has 0 radical (unpaired) electrons. The maximum absolute atomic E-state index is 10.8. The first kappa shape index (κ1) is 10.0. The molecule has 80 valence electrons. The molecule has 1 heterocycles. The predicted octanol–water partition coefficient (Wildman–Crippen LogP) is 1.92. The number of nitrogens with one attached hydrogen (secondary N) is 1. The number of hydrogen-bond donors (Lipinski definition) is 1. The lowest BCUT2D eigenvalue weighted by Gasteiger charge is -2.31. The summed E-state index contributed by atoms with van der Waals surface area (Å²) in [5.41, 5.74) is 4.33. The van der Waals surface area contributed by atoms with Crippen LogP contribution in [0.5, 0.6) is 0 Å². The van der Waals surface area contributed by atoms with Crippen LogP contribution in [0, 0.1) is 0 Å². The van der Waals surface area contributed by atoms with E-state index in [1.165, 1.54) is 11.3 Å². The molecular weight excluding hydrogens is 188 g/mol. The number of aryl methyl sites for hydroxylation is 1. The normalized spacial score (nSPS) is 14.4. The zero-order valence-corrected chi connectivity index (χ0v) is 9.21. The number of nitrogens with zero attached hydrogens (tertiary/aromatic N) is 1. The van der Waals surface area contributed by atoms with Gasteiger partial charge < -0.3 is 10.2 Å². The van der Waals surface area contributed by atoms with Crippen LogP contribution in [0.1, 0.15) is 22.8 Å². The number of rotatable bonds is 2. The predicted molar refractivity (Wildman–Crippen MR) is 63.0 cm³/mol. The van der Waals surface area contributed by atoms with E-state index in [0.717, 1.165) is 37.0 Å². The molecule has 0 saturated heterocycles. The minimum Gasteiger partial charge on any atom is -0.382 e. The molecule has 0 atom stereocenters. The first-order valence-corrected chi connectivity index (χ1v) is 5.33. The van der Waals surface area contributed by atoms with Crippen LogP contribution in [0.2, 0.25) is 0 Å². The van der Waals surface area contributed by atoms with E-state index in [0.29, 0.717) is 0 Å². The van der Waals surface area contributed by atoms with Crippen molar-refractivity contribution in [2.75, 3.05) is 30.4 Å². The Labute approximate surface area is 90.1 Å². The largest absolute Gasteiger partial charge is 0.382 e. The molecule has 0 spiro atoms. The highest BCUT2D eigenvalue weighted by Crippen LogP contribution is 2.33. The van der Waals surface area contributed by atoms with E-state index in [2.05, 4.69) is 24.2 Å². The molecule has 3 nitrogen and oxygen atoms in total. The van der Waals surface area contributed by atoms with Crippen molar-refractivity contribution in [3.8, 4) is 0 Å². The summed E-state index contributed by atoms with van der Waals surface area (Å²) >= 11 is 0. The molecule has 1 aromatic carbocycles. The van der Waals surface area contributed by atoms with Gasteiger partial charge in [0.05, 0.1) is 11.4 Å². The minimum atomic E-state index is 0.758. The van der Waals surface area contributed by atoms with Crippen LogP contribution >= 0.6 is 0 Å². The average Bonchev–Trinajstić information content (AvgIpc) is 2.27. The van der Waals surface area contributed by atoms with Gasteiger partial charge in [0.15, 0.2) is 0 Å². The quantitative estimate of drug-likeness (QED) is 0.747. The number of benzene rings is 1. The van der Waals surface area contributed by atoms with Gasteiger partial charge in [0, 0.05) is 25.7 Å². The second-order valence-corrected chi connectivity index (χ2v) is 3.90. The summed E-state index contributed by atoms with van der Waals surface area (Å²) in [5.74, 6) is 0. The van der Waals surface area contributed by atoms with Crippen molar-refractivity contribution in [2.45, 2.75) is 13.3 Å². The monoisotopic (exact) mass is 204 g/mol. The molecule has 0 amide bonds. The van der Waals surface area contributed by atoms with E-state index < -0.39 is 0 Å². The topological polar surface area (TPSA) is 32.3 Å². The van der Waals surface area contributed by atoms with Gasteiger partial charge in [0.25, 0.3) is 0 Å². The van der Waals surface area contributed by atoms with Gasteiger partial charge in [-0.15, -0.1) is 0 Å². The Bertz CT molecular complexity index is 370. The fourth-order valence-corrected chi connectivity index (χ4v) is 2.11. The van der Waals surface area contributed by atoms with Crippen molar-refractivity contribution in [3.63, 3.8) is 0 Å². The van der Waals surface area contributed by atoms with Gasteiger partial charge in [0.1, 0.15) is 6.29 Å². The molecule has 1 aliphatic rings. The number of likely N-dealkylation sites (N-methyl/N-ethyl adjacent to an activating group) is 1. The van der Waals surface area contributed by atoms with E-state index in [1.54, 1.807) is 0 Å². The second-order valence-electron chi connectivity index (χ2n) is 3.90. The first-order valence-electron chi connectivity index (χ1n) is 5.33. The van der Waals surface area contributed by atoms with E-state index in [4.69, 9.17) is 0 Å². The van der Waals surface area contributed by atoms with Crippen LogP contribution in [0.4, 0.5) is 11.4 Å². The van der Waals surface area contributed by atoms with E-state index >= 15 is 0 Å². The molecule has 0 saturated carbocycles. The lowest BCUT2D eigenvalue weighted by atomic mass is 10.0. The van der Waals surface area contributed by atoms with Crippen molar-refractivity contribution in [1.82, 2.24) is 0 Å². The van der Waals surface area contributed by atoms with Gasteiger partial charge in [0.2, 0.25) is 0 Å². The molecule has 1 aliphatic heterocycles. The third-order valence-corrected chi connectivity index (χ3v) is 2.87. The fourth-order valence-electron chi connectivity index (χ4n) is 2.11. The van der Waals surface area contributed by atoms with Gasteiger partial charge in [-0.05, 0) is 24.1 Å². The standard InChI is InChI=1S/C12H16N2O/c1-3-10-6-9(8-15)7-11-12(10)14(2)5-4-13-11/h6-8,13H,3-5H2,1-2H3. The number of fused-ring (bicyclic) bond motifs is 1. The number of carbonyl (C=O) groups excluding carboxylic acids is 1. The number of anilines is 2. The van der Waals surface area contributed by atoms with Crippen LogP contribution in [0.15, 0.2) is 12.1 Å². The third kappa shape index (κ3) is 1.69. The van der Waals surface area contributed by atoms with Crippen molar-refractivity contribution in [2.24, 2.45) is 0 Å². The zero-order valence-electron chi connectivity index (χ0n) is 9.21. The van der Waals surface area contributed by atoms with Gasteiger partial charge in [-0.25, -0.2) is 0 Å². The van der Waals surface area contributed by atoms with E-state index in [9.17, 15) is 4.79 Å². The maximum atomic E-state index is 10.8. The van der Waals surface area contributed by atoms with Gasteiger partial charge in [-0.3, -0.25) is 4.79 Å². The first-order chi connectivity index (χ1) is 7.26. The Morgan fingerprint density at radius 1 is 1.53 bits per heavy atom. The molecule has 0 unspecified atom stereocenters. The smallest absolute Gasteiger partial charge is 0.150 e. The zero-order chi connectivity index (χ0) is 10.8. The summed E-state index contributed by atoms with van der Waals surface area (Å²) in [6.45, 7) is 4.07. The molecule has 0 fully saturated rings. The van der Waals surface area contributed by atoms with Crippen LogP contribution in [-0.4, -0.2) is 26.4 Å². The molecule has 0 bridgehead atoms. The van der Waals surface area contributed by atoms with Crippen molar-refractivity contribution < 1.29 is 4.79 Å². The highest BCUT2D eigenvalue weighted by molar-refractivity contribution is 5.85. The summed E-state index contributed by atoms with van der Waals surface area (Å²) in [5, 5.41) is 3.34. The van der Waals surface area contributed by atoms with Gasteiger partial charge >= 0.3 is 0 Å². The summed E-state index contributed by atoms with van der Waals surface area (Å²) in [6.07, 6.45) is 1.87. The Hall–Kier alpha value is -1.51. The van der Waals surface area contributed by atoms with Crippen LogP contribution in [0.3, 0.4) is 0 Å². The molecular formula is C12H16N2O. The van der Waals surface area contributed by atoms with Crippen LogP contribution in [0.25, 0.3) is 0 Å². The molecule has 3 heteroatoms. The highest BCUT2D eigenvalue weighted by atomic mass is 16.1. The fraction of sp³-hybridized carbons (Fsp3) is 0.417. The number of hydrogen-bond acceptors (Lipinski definition) is 3. The Kier molecular flexibility index (Phi) is 2.62. The molecule has 0 aliphatic carbocycles. The number of carbonyl (C=O) groups is 1.